The first kappa shape index (κ1) is 11.5. The Labute approximate surface area is 77.4 Å². The third kappa shape index (κ3) is 6.21. The molecule has 0 spiro atoms. The minimum absolute atomic E-state index is 1.20. The van der Waals surface area contributed by atoms with Crippen molar-refractivity contribution in [3.63, 3.8) is 0 Å². The van der Waals surface area contributed by atoms with Gasteiger partial charge in [-0.25, -0.2) is 0 Å². The van der Waals surface area contributed by atoms with Crippen LogP contribution in [0.25, 0.3) is 0 Å². The van der Waals surface area contributed by atoms with E-state index < -0.39 is 0 Å². The van der Waals surface area contributed by atoms with Crippen LogP contribution in [0.5, 0.6) is 0 Å². The lowest BCUT2D eigenvalue weighted by Gasteiger charge is -2.01. The fourth-order valence-corrected chi connectivity index (χ4v) is 1.07. The maximum atomic E-state index is 2.28. The zero-order valence-electron chi connectivity index (χ0n) is 8.98. The Morgan fingerprint density at radius 3 is 2.17 bits per heavy atom. The molecule has 0 radical (unpaired) electrons. The molecule has 0 bridgehead atoms. The van der Waals surface area contributed by atoms with Crippen molar-refractivity contribution in [1.29, 1.82) is 0 Å². The lowest BCUT2D eigenvalue weighted by atomic mass is 10.1. The van der Waals surface area contributed by atoms with E-state index in [-0.39, 0.29) is 0 Å². The quantitative estimate of drug-likeness (QED) is 0.528. The summed E-state index contributed by atoms with van der Waals surface area (Å²) in [7, 11) is 0. The smallest absolute Gasteiger partial charge is 0.0317 e. The number of hydrogen-bond acceptors (Lipinski definition) is 0. The average Bonchev–Trinajstić information content (AvgIpc) is 2.05. The number of unbranched alkanes of at least 4 members (excludes halogenated alkanes) is 1. The van der Waals surface area contributed by atoms with Crippen LogP contribution in [0, 0.1) is 0 Å². The Morgan fingerprint density at radius 1 is 1.08 bits per heavy atom. The van der Waals surface area contributed by atoms with Crippen LogP contribution in [0.1, 0.15) is 53.4 Å². The van der Waals surface area contributed by atoms with E-state index in [0.717, 1.165) is 0 Å². The molecule has 0 aliphatic rings. The summed E-state index contributed by atoms with van der Waals surface area (Å²) in [5.41, 5.74) is 2.97. The predicted molar refractivity (Wildman–Crippen MR) is 57.3 cm³/mol. The van der Waals surface area contributed by atoms with Gasteiger partial charge in [-0.1, -0.05) is 43.6 Å². The molecule has 12 heavy (non-hydrogen) atoms. The Kier molecular flexibility index (Phi) is 6.84. The highest BCUT2D eigenvalue weighted by molar-refractivity contribution is 5.15. The first-order valence-electron chi connectivity index (χ1n) is 5.03. The van der Waals surface area contributed by atoms with Gasteiger partial charge in [0.1, 0.15) is 0 Å². The van der Waals surface area contributed by atoms with Crippen LogP contribution in [0.15, 0.2) is 23.3 Å². The molecule has 0 fully saturated rings. The molecule has 0 atom stereocenters. The standard InChI is InChI=1S/C12H22/c1-5-7-8-12(6-2)10-9-11(3)4/h9-10H,5-8H2,1-4H3. The molecule has 0 aromatic rings. The molecule has 0 N–H and O–H groups in total. The molecule has 0 saturated carbocycles. The Bertz CT molecular complexity index is 157. The van der Waals surface area contributed by atoms with Gasteiger partial charge in [-0.05, 0) is 33.1 Å². The first-order valence-corrected chi connectivity index (χ1v) is 5.03. The highest BCUT2D eigenvalue weighted by Gasteiger charge is 1.91. The van der Waals surface area contributed by atoms with Crippen LogP contribution in [0.3, 0.4) is 0 Å². The molecule has 0 aromatic heterocycles. The molecule has 0 amide bonds. The van der Waals surface area contributed by atoms with E-state index in [1.807, 2.05) is 0 Å². The number of rotatable bonds is 5. The van der Waals surface area contributed by atoms with Gasteiger partial charge in [-0.2, -0.15) is 0 Å². The largest absolute Gasteiger partial charge is 0.0764 e. The zero-order valence-corrected chi connectivity index (χ0v) is 8.98. The van der Waals surface area contributed by atoms with Gasteiger partial charge in [0.2, 0.25) is 0 Å². The van der Waals surface area contributed by atoms with Gasteiger partial charge >= 0.3 is 0 Å². The topological polar surface area (TPSA) is 0 Å². The van der Waals surface area contributed by atoms with Gasteiger partial charge in [0.05, 0.1) is 0 Å². The van der Waals surface area contributed by atoms with E-state index in [1.165, 1.54) is 31.3 Å². The summed E-state index contributed by atoms with van der Waals surface area (Å²) in [5.74, 6) is 0. The minimum atomic E-state index is 1.20. The van der Waals surface area contributed by atoms with Crippen molar-refractivity contribution in [2.75, 3.05) is 0 Å². The highest BCUT2D eigenvalue weighted by Crippen LogP contribution is 2.11. The van der Waals surface area contributed by atoms with Crippen molar-refractivity contribution in [3.8, 4) is 0 Å². The van der Waals surface area contributed by atoms with E-state index in [2.05, 4.69) is 39.8 Å². The monoisotopic (exact) mass is 166 g/mol. The first-order chi connectivity index (χ1) is 5.70. The minimum Gasteiger partial charge on any atom is -0.0764 e. The summed E-state index contributed by atoms with van der Waals surface area (Å²) in [4.78, 5) is 0. The fourth-order valence-electron chi connectivity index (χ4n) is 1.07. The van der Waals surface area contributed by atoms with Gasteiger partial charge in [0.15, 0.2) is 0 Å². The molecule has 0 aliphatic heterocycles. The molecule has 0 rings (SSSR count). The normalized spacial score (nSPS) is 11.5. The molecule has 0 aromatic carbocycles. The highest BCUT2D eigenvalue weighted by atomic mass is 14.0. The molecule has 0 nitrogen and oxygen atoms in total. The van der Waals surface area contributed by atoms with Gasteiger partial charge in [0.25, 0.3) is 0 Å². The predicted octanol–water partition coefficient (Wildman–Crippen LogP) is 4.48. The summed E-state index contributed by atoms with van der Waals surface area (Å²) in [6, 6.07) is 0. The Balaban J connectivity index is 3.95. The summed E-state index contributed by atoms with van der Waals surface area (Å²) in [6.07, 6.45) is 9.60. The van der Waals surface area contributed by atoms with Crippen LogP contribution in [-0.4, -0.2) is 0 Å². The van der Waals surface area contributed by atoms with Crippen LogP contribution in [-0.2, 0) is 0 Å². The third-order valence-electron chi connectivity index (χ3n) is 1.96. The second kappa shape index (κ2) is 7.15. The third-order valence-corrected chi connectivity index (χ3v) is 1.96. The summed E-state index contributed by atoms with van der Waals surface area (Å²) in [5, 5.41) is 0. The van der Waals surface area contributed by atoms with Gasteiger partial charge in [0, 0.05) is 0 Å². The molecule has 0 unspecified atom stereocenters. The second-order valence-electron chi connectivity index (χ2n) is 3.53. The van der Waals surface area contributed by atoms with Crippen molar-refractivity contribution in [2.24, 2.45) is 0 Å². The molecule has 0 saturated heterocycles. The van der Waals surface area contributed by atoms with E-state index in [1.54, 1.807) is 5.57 Å². The van der Waals surface area contributed by atoms with Crippen LogP contribution in [0.2, 0.25) is 0 Å². The number of allylic oxidation sites excluding steroid dienone is 4. The van der Waals surface area contributed by atoms with E-state index in [0.29, 0.717) is 0 Å². The van der Waals surface area contributed by atoms with Gasteiger partial charge in [-0.15, -0.1) is 0 Å². The maximum Gasteiger partial charge on any atom is -0.0317 e. The van der Waals surface area contributed by atoms with Crippen molar-refractivity contribution >= 4 is 0 Å². The van der Waals surface area contributed by atoms with Crippen LogP contribution >= 0.6 is 0 Å². The Hall–Kier alpha value is -0.520. The maximum absolute atomic E-state index is 2.28. The molecule has 0 heteroatoms. The number of hydrogen-bond donors (Lipinski definition) is 0. The lowest BCUT2D eigenvalue weighted by molar-refractivity contribution is 0.766. The van der Waals surface area contributed by atoms with Gasteiger partial charge in [-0.3, -0.25) is 0 Å². The zero-order chi connectivity index (χ0) is 9.40. The van der Waals surface area contributed by atoms with Gasteiger partial charge < -0.3 is 0 Å². The average molecular weight is 166 g/mol. The SMILES string of the molecule is CCCCC(=CC=C(C)C)CC. The van der Waals surface area contributed by atoms with Crippen molar-refractivity contribution < 1.29 is 0 Å². The van der Waals surface area contributed by atoms with E-state index in [4.69, 9.17) is 0 Å². The summed E-state index contributed by atoms with van der Waals surface area (Å²) in [6.45, 7) is 8.77. The van der Waals surface area contributed by atoms with Crippen LogP contribution < -0.4 is 0 Å². The van der Waals surface area contributed by atoms with E-state index >= 15 is 0 Å². The van der Waals surface area contributed by atoms with Crippen molar-refractivity contribution in [3.05, 3.63) is 23.3 Å². The van der Waals surface area contributed by atoms with Crippen molar-refractivity contribution in [2.45, 2.75) is 53.4 Å². The van der Waals surface area contributed by atoms with Crippen molar-refractivity contribution in [1.82, 2.24) is 0 Å². The fraction of sp³-hybridized carbons (Fsp3) is 0.667. The second-order valence-corrected chi connectivity index (χ2v) is 3.53. The molecular formula is C12H22. The molecule has 0 heterocycles. The summed E-state index contributed by atoms with van der Waals surface area (Å²) >= 11 is 0. The van der Waals surface area contributed by atoms with Crippen LogP contribution in [0.4, 0.5) is 0 Å². The molecule has 0 aliphatic carbocycles. The molecule has 70 valence electrons. The molecular weight excluding hydrogens is 144 g/mol. The van der Waals surface area contributed by atoms with E-state index in [9.17, 15) is 0 Å². The lowest BCUT2D eigenvalue weighted by Crippen LogP contribution is -1.80. The Morgan fingerprint density at radius 2 is 1.75 bits per heavy atom. The summed E-state index contributed by atoms with van der Waals surface area (Å²) < 4.78 is 0.